The van der Waals surface area contributed by atoms with Gasteiger partial charge in [0, 0.05) is 11.9 Å². The highest BCUT2D eigenvalue weighted by Gasteiger charge is 2.08. The SMILES string of the molecule is CCOc1cccc2sc(S[N])nc12. The zero-order valence-electron chi connectivity index (χ0n) is 7.56. The first kappa shape index (κ1) is 9.76. The van der Waals surface area contributed by atoms with E-state index < -0.39 is 0 Å². The first-order valence-electron chi connectivity index (χ1n) is 4.19. The number of ether oxygens (including phenoxy) is 1. The first-order valence-corrected chi connectivity index (χ1v) is 5.78. The molecular formula is C9H8N2OS2. The van der Waals surface area contributed by atoms with E-state index in [1.165, 1.54) is 11.3 Å². The lowest BCUT2D eigenvalue weighted by Crippen LogP contribution is -1.91. The van der Waals surface area contributed by atoms with Crippen LogP contribution in [0.3, 0.4) is 0 Å². The molecule has 5 heteroatoms. The van der Waals surface area contributed by atoms with Gasteiger partial charge in [0.1, 0.15) is 11.3 Å². The maximum absolute atomic E-state index is 8.88. The van der Waals surface area contributed by atoms with Crippen molar-refractivity contribution in [2.45, 2.75) is 11.3 Å². The Balaban J connectivity index is 2.55. The van der Waals surface area contributed by atoms with Gasteiger partial charge in [0.2, 0.25) is 0 Å². The van der Waals surface area contributed by atoms with Gasteiger partial charge in [-0.05, 0) is 19.1 Å². The second kappa shape index (κ2) is 4.16. The molecule has 0 saturated carbocycles. The van der Waals surface area contributed by atoms with Crippen molar-refractivity contribution in [1.29, 1.82) is 0 Å². The maximum atomic E-state index is 8.88. The van der Waals surface area contributed by atoms with Gasteiger partial charge in [-0.3, -0.25) is 0 Å². The van der Waals surface area contributed by atoms with Crippen molar-refractivity contribution in [2.75, 3.05) is 6.61 Å². The van der Waals surface area contributed by atoms with Crippen LogP contribution < -0.4 is 9.88 Å². The quantitative estimate of drug-likeness (QED) is 0.753. The zero-order valence-corrected chi connectivity index (χ0v) is 9.19. The molecular weight excluding hydrogens is 216 g/mol. The van der Waals surface area contributed by atoms with E-state index in [0.717, 1.165) is 16.0 Å². The van der Waals surface area contributed by atoms with Gasteiger partial charge in [-0.25, -0.2) is 4.98 Å². The minimum atomic E-state index is 0.623. The summed E-state index contributed by atoms with van der Waals surface area (Å²) in [6.45, 7) is 2.56. The average molecular weight is 224 g/mol. The molecule has 0 spiro atoms. The molecule has 0 N–H and O–H groups in total. The molecule has 0 bridgehead atoms. The van der Waals surface area contributed by atoms with E-state index >= 15 is 0 Å². The molecule has 72 valence electrons. The van der Waals surface area contributed by atoms with E-state index in [2.05, 4.69) is 4.98 Å². The van der Waals surface area contributed by atoms with Gasteiger partial charge in [0.25, 0.3) is 0 Å². The second-order valence-electron chi connectivity index (χ2n) is 2.61. The third-order valence-corrected chi connectivity index (χ3v) is 3.28. The van der Waals surface area contributed by atoms with Gasteiger partial charge in [-0.2, -0.15) is 0 Å². The fraction of sp³-hybridized carbons (Fsp3) is 0.222. The molecule has 0 aliphatic heterocycles. The Hall–Kier alpha value is -0.780. The van der Waals surface area contributed by atoms with Crippen LogP contribution >= 0.6 is 23.3 Å². The number of aromatic nitrogens is 1. The summed E-state index contributed by atoms with van der Waals surface area (Å²) in [6.07, 6.45) is 0. The van der Waals surface area contributed by atoms with Crippen molar-refractivity contribution in [3.8, 4) is 5.75 Å². The fourth-order valence-electron chi connectivity index (χ4n) is 1.21. The van der Waals surface area contributed by atoms with E-state index in [1.54, 1.807) is 0 Å². The van der Waals surface area contributed by atoms with Gasteiger partial charge >= 0.3 is 0 Å². The van der Waals surface area contributed by atoms with Gasteiger partial charge in [0.05, 0.1) is 11.3 Å². The van der Waals surface area contributed by atoms with Crippen LogP contribution in [0, 0.1) is 0 Å². The number of hydrogen-bond acceptors (Lipinski definition) is 4. The molecule has 0 aliphatic rings. The summed E-state index contributed by atoms with van der Waals surface area (Å²) in [5.74, 6) is 0.779. The van der Waals surface area contributed by atoms with Crippen molar-refractivity contribution in [2.24, 2.45) is 0 Å². The molecule has 2 radical (unpaired) electrons. The summed E-state index contributed by atoms with van der Waals surface area (Å²) >= 11 is 2.13. The largest absolute Gasteiger partial charge is 0.492 e. The Kier molecular flexibility index (Phi) is 2.90. The molecule has 2 aromatic rings. The molecule has 1 heterocycles. The van der Waals surface area contributed by atoms with Crippen LogP contribution in [0.2, 0.25) is 0 Å². The molecule has 0 aliphatic carbocycles. The van der Waals surface area contributed by atoms with Crippen molar-refractivity contribution in [3.63, 3.8) is 0 Å². The molecule has 1 aromatic carbocycles. The highest BCUT2D eigenvalue weighted by Crippen LogP contribution is 2.32. The first-order chi connectivity index (χ1) is 6.85. The van der Waals surface area contributed by atoms with Crippen molar-refractivity contribution >= 4 is 33.5 Å². The van der Waals surface area contributed by atoms with E-state index in [0.29, 0.717) is 22.9 Å². The highest BCUT2D eigenvalue weighted by atomic mass is 32.2. The number of nitrogens with zero attached hydrogens (tertiary/aromatic N) is 2. The van der Waals surface area contributed by atoms with Crippen molar-refractivity contribution < 1.29 is 4.74 Å². The molecule has 2 rings (SSSR count). The molecule has 3 nitrogen and oxygen atoms in total. The van der Waals surface area contributed by atoms with E-state index in [-0.39, 0.29) is 0 Å². The molecule has 0 amide bonds. The normalized spacial score (nSPS) is 10.7. The number of thiazole rings is 1. The van der Waals surface area contributed by atoms with Crippen molar-refractivity contribution in [1.82, 2.24) is 10.1 Å². The minimum absolute atomic E-state index is 0.623. The molecule has 0 atom stereocenters. The summed E-state index contributed by atoms with van der Waals surface area (Å²) < 4.78 is 7.11. The monoisotopic (exact) mass is 224 g/mol. The van der Waals surface area contributed by atoms with Crippen molar-refractivity contribution in [3.05, 3.63) is 18.2 Å². The molecule has 1 aromatic heterocycles. The topological polar surface area (TPSA) is 44.4 Å². The van der Waals surface area contributed by atoms with Gasteiger partial charge in [0.15, 0.2) is 4.34 Å². The Morgan fingerprint density at radius 3 is 3.14 bits per heavy atom. The minimum Gasteiger partial charge on any atom is -0.492 e. The summed E-state index contributed by atoms with van der Waals surface area (Å²) in [5, 5.41) is 8.88. The second-order valence-corrected chi connectivity index (χ2v) is 4.47. The Morgan fingerprint density at radius 2 is 2.43 bits per heavy atom. The summed E-state index contributed by atoms with van der Waals surface area (Å²) in [7, 11) is 0. The predicted molar refractivity (Wildman–Crippen MR) is 58.8 cm³/mol. The number of benzene rings is 1. The fourth-order valence-corrected chi connectivity index (χ4v) is 2.48. The lowest BCUT2D eigenvalue weighted by atomic mass is 10.3. The molecule has 0 unspecified atom stereocenters. The lowest BCUT2D eigenvalue weighted by molar-refractivity contribution is 0.343. The Labute approximate surface area is 90.4 Å². The molecule has 14 heavy (non-hydrogen) atoms. The number of hydrogen-bond donors (Lipinski definition) is 0. The number of rotatable bonds is 3. The van der Waals surface area contributed by atoms with Crippen LogP contribution in [0.4, 0.5) is 0 Å². The van der Waals surface area contributed by atoms with Gasteiger partial charge in [-0.15, -0.1) is 11.3 Å². The van der Waals surface area contributed by atoms with Crippen LogP contribution in [-0.2, 0) is 0 Å². The smallest absolute Gasteiger partial charge is 0.169 e. The summed E-state index contributed by atoms with van der Waals surface area (Å²) in [5.41, 5.74) is 0.830. The maximum Gasteiger partial charge on any atom is 0.169 e. The lowest BCUT2D eigenvalue weighted by Gasteiger charge is -2.01. The average Bonchev–Trinajstić information content (AvgIpc) is 2.62. The van der Waals surface area contributed by atoms with Gasteiger partial charge in [-0.1, -0.05) is 11.2 Å². The van der Waals surface area contributed by atoms with Crippen LogP contribution in [-0.4, -0.2) is 11.6 Å². The van der Waals surface area contributed by atoms with Crippen LogP contribution in [0.1, 0.15) is 6.92 Å². The predicted octanol–water partition coefficient (Wildman–Crippen LogP) is 2.77. The van der Waals surface area contributed by atoms with Crippen LogP contribution in [0.5, 0.6) is 5.75 Å². The standard InChI is InChI=1S/C9H8N2OS2/c1-2-12-6-4-3-5-7-8(6)11-9(13-7)14-10/h3-5H,2H2,1H3. The van der Waals surface area contributed by atoms with Crippen LogP contribution in [0.15, 0.2) is 22.5 Å². The summed E-state index contributed by atoms with van der Waals surface area (Å²) in [6, 6.07) is 5.78. The zero-order chi connectivity index (χ0) is 9.97. The van der Waals surface area contributed by atoms with Gasteiger partial charge < -0.3 is 4.74 Å². The van der Waals surface area contributed by atoms with E-state index in [1.807, 2.05) is 25.1 Å². The number of fused-ring (bicyclic) bond motifs is 1. The molecule has 0 fully saturated rings. The van der Waals surface area contributed by atoms with E-state index in [4.69, 9.17) is 9.88 Å². The number of para-hydroxylation sites is 1. The highest BCUT2D eigenvalue weighted by molar-refractivity contribution is 7.98. The van der Waals surface area contributed by atoms with E-state index in [9.17, 15) is 0 Å². The summed E-state index contributed by atoms with van der Waals surface area (Å²) in [4.78, 5) is 4.26. The van der Waals surface area contributed by atoms with Crippen LogP contribution in [0.25, 0.3) is 10.2 Å². The third-order valence-electron chi connectivity index (χ3n) is 1.74. The Morgan fingerprint density at radius 1 is 1.57 bits per heavy atom. The Bertz CT molecular complexity index is 441. The molecule has 0 saturated heterocycles. The third kappa shape index (κ3) is 1.70.